The summed E-state index contributed by atoms with van der Waals surface area (Å²) in [5.74, 6) is 0.578. The zero-order valence-corrected chi connectivity index (χ0v) is 14.0. The number of benzene rings is 2. The minimum Gasteiger partial charge on any atom is -0.289 e. The zero-order valence-electron chi connectivity index (χ0n) is 11.6. The number of ketones is 1. The summed E-state index contributed by atoms with van der Waals surface area (Å²) in [5, 5.41) is 8.49. The monoisotopic (exact) mass is 375 g/mol. The van der Waals surface area contributed by atoms with E-state index in [0.29, 0.717) is 32.4 Å². The van der Waals surface area contributed by atoms with Crippen molar-refractivity contribution in [3.63, 3.8) is 0 Å². The Bertz CT molecular complexity index is 826. The Kier molecular flexibility index (Phi) is 4.09. The van der Waals surface area contributed by atoms with Gasteiger partial charge in [0.2, 0.25) is 4.73 Å². The van der Waals surface area contributed by atoms with E-state index in [-0.39, 0.29) is 5.78 Å². The second-order valence-electron chi connectivity index (χ2n) is 4.71. The second kappa shape index (κ2) is 6.02. The first-order chi connectivity index (χ1) is 10.6. The summed E-state index contributed by atoms with van der Waals surface area (Å²) in [4.78, 5) is 12.8. The summed E-state index contributed by atoms with van der Waals surface area (Å²) in [7, 11) is 0. The van der Waals surface area contributed by atoms with Gasteiger partial charge in [-0.05, 0) is 41.1 Å². The first kappa shape index (κ1) is 14.9. The molecule has 0 saturated heterocycles. The number of rotatable bonds is 3. The van der Waals surface area contributed by atoms with Gasteiger partial charge in [0.1, 0.15) is 5.82 Å². The van der Waals surface area contributed by atoms with Crippen LogP contribution in [0.4, 0.5) is 0 Å². The predicted molar refractivity (Wildman–Crippen MR) is 88.7 cm³/mol. The SMILES string of the molecule is Cc1nnc(Br)n1-c1ccc(Cl)cc1C(=O)c1ccccc1. The standard InChI is InChI=1S/C16H11BrClN3O/c1-10-19-20-16(17)21(10)14-8-7-12(18)9-13(14)15(22)11-5-3-2-4-6-11/h2-9H,1H3. The molecule has 2 aromatic carbocycles. The molecule has 3 rings (SSSR count). The van der Waals surface area contributed by atoms with Crippen molar-refractivity contribution in [2.24, 2.45) is 0 Å². The molecule has 4 nitrogen and oxygen atoms in total. The van der Waals surface area contributed by atoms with E-state index in [9.17, 15) is 4.79 Å². The maximum Gasteiger partial charge on any atom is 0.204 e. The Morgan fingerprint density at radius 3 is 2.50 bits per heavy atom. The number of aryl methyl sites for hydroxylation is 1. The van der Waals surface area contributed by atoms with Gasteiger partial charge in [-0.3, -0.25) is 9.36 Å². The molecule has 6 heteroatoms. The summed E-state index contributed by atoms with van der Waals surface area (Å²) >= 11 is 9.44. The van der Waals surface area contributed by atoms with Crippen molar-refractivity contribution < 1.29 is 4.79 Å². The van der Waals surface area contributed by atoms with Crippen molar-refractivity contribution in [1.82, 2.24) is 14.8 Å². The van der Waals surface area contributed by atoms with E-state index in [1.54, 1.807) is 34.9 Å². The normalized spacial score (nSPS) is 10.7. The molecule has 0 unspecified atom stereocenters. The fourth-order valence-corrected chi connectivity index (χ4v) is 2.94. The van der Waals surface area contributed by atoms with Crippen LogP contribution in [0, 0.1) is 6.92 Å². The molecule has 3 aromatic rings. The van der Waals surface area contributed by atoms with Gasteiger partial charge in [-0.25, -0.2) is 0 Å². The van der Waals surface area contributed by atoms with Gasteiger partial charge in [0.25, 0.3) is 0 Å². The summed E-state index contributed by atoms with van der Waals surface area (Å²) in [6.07, 6.45) is 0. The highest BCUT2D eigenvalue weighted by molar-refractivity contribution is 9.10. The van der Waals surface area contributed by atoms with Crippen LogP contribution in [0.2, 0.25) is 5.02 Å². The second-order valence-corrected chi connectivity index (χ2v) is 5.85. The number of aromatic nitrogens is 3. The largest absolute Gasteiger partial charge is 0.289 e. The summed E-state index contributed by atoms with van der Waals surface area (Å²) in [5.41, 5.74) is 1.79. The van der Waals surface area contributed by atoms with E-state index in [4.69, 9.17) is 11.6 Å². The minimum atomic E-state index is -0.0990. The molecule has 1 aromatic heterocycles. The van der Waals surface area contributed by atoms with Crippen molar-refractivity contribution in [2.45, 2.75) is 6.92 Å². The summed E-state index contributed by atoms with van der Waals surface area (Å²) < 4.78 is 2.31. The van der Waals surface area contributed by atoms with Crippen molar-refractivity contribution in [2.75, 3.05) is 0 Å². The van der Waals surface area contributed by atoms with E-state index in [1.165, 1.54) is 0 Å². The summed E-state index contributed by atoms with van der Waals surface area (Å²) in [6, 6.07) is 14.3. The molecule has 0 aliphatic rings. The van der Waals surface area contributed by atoms with Crippen LogP contribution >= 0.6 is 27.5 Å². The number of nitrogens with zero attached hydrogens (tertiary/aromatic N) is 3. The van der Waals surface area contributed by atoms with Crippen LogP contribution in [0.1, 0.15) is 21.7 Å². The first-order valence-corrected chi connectivity index (χ1v) is 7.72. The van der Waals surface area contributed by atoms with Crippen LogP contribution in [0.5, 0.6) is 0 Å². The number of hydrogen-bond acceptors (Lipinski definition) is 3. The third kappa shape index (κ3) is 2.69. The molecule has 22 heavy (non-hydrogen) atoms. The Labute approximate surface area is 140 Å². The van der Waals surface area contributed by atoms with Crippen LogP contribution in [0.3, 0.4) is 0 Å². The Morgan fingerprint density at radius 2 is 1.86 bits per heavy atom. The average molecular weight is 377 g/mol. The topological polar surface area (TPSA) is 47.8 Å². The molecule has 0 amide bonds. The molecule has 110 valence electrons. The van der Waals surface area contributed by atoms with E-state index in [1.807, 2.05) is 25.1 Å². The highest BCUT2D eigenvalue weighted by Gasteiger charge is 2.18. The van der Waals surface area contributed by atoms with Crippen LogP contribution in [0.15, 0.2) is 53.3 Å². The fraction of sp³-hybridized carbons (Fsp3) is 0.0625. The molecule has 0 aliphatic heterocycles. The van der Waals surface area contributed by atoms with Gasteiger partial charge in [0.15, 0.2) is 5.78 Å². The molecular formula is C16H11BrClN3O. The Morgan fingerprint density at radius 1 is 1.14 bits per heavy atom. The molecule has 0 saturated carbocycles. The van der Waals surface area contributed by atoms with Crippen molar-refractivity contribution in [3.05, 3.63) is 75.2 Å². The van der Waals surface area contributed by atoms with Crippen LogP contribution in [-0.2, 0) is 0 Å². The molecule has 0 N–H and O–H groups in total. The van der Waals surface area contributed by atoms with Gasteiger partial charge < -0.3 is 0 Å². The lowest BCUT2D eigenvalue weighted by atomic mass is 10.0. The smallest absolute Gasteiger partial charge is 0.204 e. The van der Waals surface area contributed by atoms with Gasteiger partial charge in [-0.1, -0.05) is 41.9 Å². The quantitative estimate of drug-likeness (QED) is 0.643. The number of hydrogen-bond donors (Lipinski definition) is 0. The van der Waals surface area contributed by atoms with Crippen molar-refractivity contribution >= 4 is 33.3 Å². The van der Waals surface area contributed by atoms with Gasteiger partial charge in [-0.2, -0.15) is 0 Å². The molecule has 1 heterocycles. The molecule has 0 fully saturated rings. The highest BCUT2D eigenvalue weighted by atomic mass is 79.9. The van der Waals surface area contributed by atoms with Crippen molar-refractivity contribution in [3.8, 4) is 5.69 Å². The maximum atomic E-state index is 12.8. The Hall–Kier alpha value is -1.98. The molecular weight excluding hydrogens is 366 g/mol. The summed E-state index contributed by atoms with van der Waals surface area (Å²) in [6.45, 7) is 1.82. The molecule has 0 atom stereocenters. The van der Waals surface area contributed by atoms with E-state index in [2.05, 4.69) is 26.1 Å². The third-order valence-corrected chi connectivity index (χ3v) is 4.01. The number of carbonyl (C=O) groups excluding carboxylic acids is 1. The lowest BCUT2D eigenvalue weighted by Crippen LogP contribution is -2.09. The lowest BCUT2D eigenvalue weighted by Gasteiger charge is -2.12. The van der Waals surface area contributed by atoms with Gasteiger partial charge in [0.05, 0.1) is 5.69 Å². The number of carbonyl (C=O) groups is 1. The average Bonchev–Trinajstić information content (AvgIpc) is 2.86. The molecule has 0 bridgehead atoms. The van der Waals surface area contributed by atoms with E-state index >= 15 is 0 Å². The molecule has 0 radical (unpaired) electrons. The minimum absolute atomic E-state index is 0.0990. The van der Waals surface area contributed by atoms with Gasteiger partial charge >= 0.3 is 0 Å². The molecule has 0 aliphatic carbocycles. The van der Waals surface area contributed by atoms with Crippen LogP contribution in [0.25, 0.3) is 5.69 Å². The number of halogens is 2. The predicted octanol–water partition coefficient (Wildman–Crippen LogP) is 4.22. The fourth-order valence-electron chi connectivity index (χ4n) is 2.24. The lowest BCUT2D eigenvalue weighted by molar-refractivity contribution is 0.103. The van der Waals surface area contributed by atoms with Gasteiger partial charge in [-0.15, -0.1) is 10.2 Å². The first-order valence-electron chi connectivity index (χ1n) is 6.55. The maximum absolute atomic E-state index is 12.8. The zero-order chi connectivity index (χ0) is 15.7. The van der Waals surface area contributed by atoms with Crippen LogP contribution < -0.4 is 0 Å². The van der Waals surface area contributed by atoms with Crippen molar-refractivity contribution in [1.29, 1.82) is 0 Å². The van der Waals surface area contributed by atoms with E-state index in [0.717, 1.165) is 0 Å². The van der Waals surface area contributed by atoms with Crippen LogP contribution in [-0.4, -0.2) is 20.5 Å². The van der Waals surface area contributed by atoms with E-state index < -0.39 is 0 Å². The molecule has 0 spiro atoms. The third-order valence-electron chi connectivity index (χ3n) is 3.27. The van der Waals surface area contributed by atoms with Gasteiger partial charge in [0, 0.05) is 16.1 Å². The Balaban J connectivity index is 2.20. The highest BCUT2D eigenvalue weighted by Crippen LogP contribution is 2.26.